The minimum Gasteiger partial charge on any atom is -0.341 e. The Kier molecular flexibility index (Phi) is 5.59. The number of halogens is 2. The summed E-state index contributed by atoms with van der Waals surface area (Å²) in [4.78, 5) is 16.1. The van der Waals surface area contributed by atoms with E-state index in [0.29, 0.717) is 23.7 Å². The molecule has 0 aliphatic carbocycles. The molecule has 0 bridgehead atoms. The van der Waals surface area contributed by atoms with Crippen LogP contribution in [0.3, 0.4) is 0 Å². The molecule has 0 unspecified atom stereocenters. The van der Waals surface area contributed by atoms with Crippen LogP contribution in [-0.2, 0) is 11.3 Å². The number of amides is 1. The van der Waals surface area contributed by atoms with Gasteiger partial charge >= 0.3 is 0 Å². The summed E-state index contributed by atoms with van der Waals surface area (Å²) in [7, 11) is 0. The fourth-order valence-corrected chi connectivity index (χ4v) is 2.84. The van der Waals surface area contributed by atoms with Crippen LogP contribution in [-0.4, -0.2) is 41.9 Å². The molecule has 1 aromatic rings. The largest absolute Gasteiger partial charge is 0.341 e. The van der Waals surface area contributed by atoms with Gasteiger partial charge in [-0.25, -0.2) is 4.39 Å². The van der Waals surface area contributed by atoms with Crippen molar-refractivity contribution < 1.29 is 9.18 Å². The Bertz CT molecular complexity index is 487. The molecule has 0 radical (unpaired) electrons. The van der Waals surface area contributed by atoms with Crippen LogP contribution in [0, 0.1) is 11.7 Å². The van der Waals surface area contributed by atoms with Gasteiger partial charge in [0.15, 0.2) is 0 Å². The van der Waals surface area contributed by atoms with Crippen LogP contribution in [0.2, 0.25) is 5.02 Å². The van der Waals surface area contributed by atoms with Crippen molar-refractivity contribution >= 4 is 17.5 Å². The molecule has 1 aromatic carbocycles. The van der Waals surface area contributed by atoms with Gasteiger partial charge in [-0.1, -0.05) is 31.5 Å². The van der Waals surface area contributed by atoms with Gasteiger partial charge in [0, 0.05) is 49.2 Å². The van der Waals surface area contributed by atoms with Gasteiger partial charge in [0.25, 0.3) is 0 Å². The number of rotatable bonds is 3. The lowest BCUT2D eigenvalue weighted by atomic mass is 10.2. The van der Waals surface area contributed by atoms with Gasteiger partial charge in [-0.15, -0.1) is 0 Å². The summed E-state index contributed by atoms with van der Waals surface area (Å²) in [5.41, 5.74) is 0.544. The summed E-state index contributed by atoms with van der Waals surface area (Å²) < 4.78 is 13.8. The average Bonchev–Trinajstić information content (AvgIpc) is 2.67. The second kappa shape index (κ2) is 7.23. The molecule has 0 saturated carbocycles. The molecule has 1 fully saturated rings. The number of hydrogen-bond acceptors (Lipinski definition) is 2. The van der Waals surface area contributed by atoms with Gasteiger partial charge in [-0.3, -0.25) is 9.69 Å². The number of hydrogen-bond donors (Lipinski definition) is 0. The highest BCUT2D eigenvalue weighted by Crippen LogP contribution is 2.21. The van der Waals surface area contributed by atoms with Crippen LogP contribution in [0.25, 0.3) is 0 Å². The first-order valence-electron chi connectivity index (χ1n) is 7.43. The average molecular weight is 313 g/mol. The van der Waals surface area contributed by atoms with Crippen molar-refractivity contribution in [3.8, 4) is 0 Å². The van der Waals surface area contributed by atoms with Crippen LogP contribution in [0.5, 0.6) is 0 Å². The van der Waals surface area contributed by atoms with E-state index in [1.54, 1.807) is 12.1 Å². The van der Waals surface area contributed by atoms with Crippen LogP contribution in [0.4, 0.5) is 4.39 Å². The Hall–Kier alpha value is -1.13. The molecule has 0 aromatic heterocycles. The van der Waals surface area contributed by atoms with Crippen molar-refractivity contribution in [3.63, 3.8) is 0 Å². The molecule has 1 heterocycles. The topological polar surface area (TPSA) is 23.6 Å². The first-order chi connectivity index (χ1) is 9.99. The molecule has 0 atom stereocenters. The zero-order valence-electron chi connectivity index (χ0n) is 12.6. The first kappa shape index (κ1) is 16.2. The van der Waals surface area contributed by atoms with Crippen molar-refractivity contribution in [1.29, 1.82) is 0 Å². The maximum atomic E-state index is 13.8. The quantitative estimate of drug-likeness (QED) is 0.856. The maximum absolute atomic E-state index is 13.8. The number of benzene rings is 1. The van der Waals surface area contributed by atoms with Crippen molar-refractivity contribution in [3.05, 3.63) is 34.6 Å². The van der Waals surface area contributed by atoms with E-state index in [2.05, 4.69) is 4.90 Å². The van der Waals surface area contributed by atoms with Crippen molar-refractivity contribution in [2.75, 3.05) is 26.2 Å². The highest BCUT2D eigenvalue weighted by atomic mass is 35.5. The number of carbonyl (C=O) groups excluding carboxylic acids is 1. The van der Waals surface area contributed by atoms with E-state index in [1.165, 1.54) is 6.07 Å². The van der Waals surface area contributed by atoms with Crippen LogP contribution >= 0.6 is 11.6 Å². The fraction of sp³-hybridized carbons (Fsp3) is 0.562. The predicted octanol–water partition coefficient (Wildman–Crippen LogP) is 3.17. The molecular formula is C16H22ClFN2O. The fourth-order valence-electron chi connectivity index (χ4n) is 2.62. The van der Waals surface area contributed by atoms with Gasteiger partial charge in [0.2, 0.25) is 5.91 Å². The minimum atomic E-state index is -0.262. The zero-order valence-corrected chi connectivity index (χ0v) is 13.4. The van der Waals surface area contributed by atoms with E-state index in [1.807, 2.05) is 18.7 Å². The maximum Gasteiger partial charge on any atom is 0.225 e. The third-order valence-electron chi connectivity index (χ3n) is 3.84. The van der Waals surface area contributed by atoms with Crippen LogP contribution in [0.1, 0.15) is 25.8 Å². The third-order valence-corrected chi connectivity index (χ3v) is 4.19. The molecule has 21 heavy (non-hydrogen) atoms. The van der Waals surface area contributed by atoms with E-state index in [0.717, 1.165) is 26.1 Å². The monoisotopic (exact) mass is 312 g/mol. The molecule has 1 saturated heterocycles. The predicted molar refractivity (Wildman–Crippen MR) is 82.7 cm³/mol. The molecule has 3 nitrogen and oxygen atoms in total. The third kappa shape index (κ3) is 4.17. The van der Waals surface area contributed by atoms with Crippen LogP contribution in [0.15, 0.2) is 18.2 Å². The van der Waals surface area contributed by atoms with E-state index in [-0.39, 0.29) is 17.6 Å². The molecule has 5 heteroatoms. The number of carbonyl (C=O) groups is 1. The Morgan fingerprint density at radius 3 is 2.71 bits per heavy atom. The zero-order chi connectivity index (χ0) is 15.4. The molecule has 2 rings (SSSR count). The summed E-state index contributed by atoms with van der Waals surface area (Å²) in [6, 6.07) is 4.77. The van der Waals surface area contributed by atoms with Gasteiger partial charge < -0.3 is 4.90 Å². The summed E-state index contributed by atoms with van der Waals surface area (Å²) in [6.07, 6.45) is 0.907. The lowest BCUT2D eigenvalue weighted by Gasteiger charge is -2.23. The Balaban J connectivity index is 1.99. The molecule has 1 amide bonds. The molecule has 1 aliphatic heterocycles. The Labute approximate surface area is 130 Å². The molecule has 0 spiro atoms. The second-order valence-corrected chi connectivity index (χ2v) is 6.22. The summed E-state index contributed by atoms with van der Waals surface area (Å²) >= 11 is 6.08. The van der Waals surface area contributed by atoms with Crippen LogP contribution < -0.4 is 0 Å². The molecule has 1 aliphatic rings. The van der Waals surface area contributed by atoms with Crippen molar-refractivity contribution in [2.24, 2.45) is 5.92 Å². The minimum absolute atomic E-state index is 0.0255. The van der Waals surface area contributed by atoms with Gasteiger partial charge in [-0.2, -0.15) is 0 Å². The van der Waals surface area contributed by atoms with Crippen molar-refractivity contribution in [1.82, 2.24) is 9.80 Å². The summed E-state index contributed by atoms with van der Waals surface area (Å²) in [5, 5.41) is 0.467. The highest BCUT2D eigenvalue weighted by molar-refractivity contribution is 6.31. The standard InChI is InChI=1S/C16H22ClFN2O/c1-12(2)16(21)20-8-4-7-19(9-10-20)11-13-14(17)5-3-6-15(13)18/h3,5-6,12H,4,7-11H2,1-2H3. The van der Waals surface area contributed by atoms with E-state index >= 15 is 0 Å². The summed E-state index contributed by atoms with van der Waals surface area (Å²) in [6.45, 7) is 7.42. The van der Waals surface area contributed by atoms with Gasteiger partial charge in [0.1, 0.15) is 5.82 Å². The van der Waals surface area contributed by atoms with E-state index in [4.69, 9.17) is 11.6 Å². The Morgan fingerprint density at radius 2 is 2.05 bits per heavy atom. The lowest BCUT2D eigenvalue weighted by molar-refractivity contribution is -0.134. The van der Waals surface area contributed by atoms with Crippen molar-refractivity contribution in [2.45, 2.75) is 26.8 Å². The van der Waals surface area contributed by atoms with E-state index < -0.39 is 0 Å². The first-order valence-corrected chi connectivity index (χ1v) is 7.81. The molecule has 0 N–H and O–H groups in total. The molecule has 116 valence electrons. The smallest absolute Gasteiger partial charge is 0.225 e. The second-order valence-electron chi connectivity index (χ2n) is 5.81. The lowest BCUT2D eigenvalue weighted by Crippen LogP contribution is -2.37. The molecular weight excluding hydrogens is 291 g/mol. The normalized spacial score (nSPS) is 17.1. The number of nitrogens with zero attached hydrogens (tertiary/aromatic N) is 2. The SMILES string of the molecule is CC(C)C(=O)N1CCCN(Cc2c(F)cccc2Cl)CC1. The van der Waals surface area contributed by atoms with Gasteiger partial charge in [0.05, 0.1) is 0 Å². The van der Waals surface area contributed by atoms with Gasteiger partial charge in [-0.05, 0) is 18.6 Å². The highest BCUT2D eigenvalue weighted by Gasteiger charge is 2.22. The Morgan fingerprint density at radius 1 is 1.29 bits per heavy atom. The van der Waals surface area contributed by atoms with E-state index in [9.17, 15) is 9.18 Å². The summed E-state index contributed by atoms with van der Waals surface area (Å²) in [5.74, 6) is -0.0415.